The molecule has 0 aromatic heterocycles. The molecule has 1 saturated carbocycles. The molecule has 3 fully saturated rings. The summed E-state index contributed by atoms with van der Waals surface area (Å²) in [7, 11) is 2.02. The molecular formula is C24H35BrClN3O. The van der Waals surface area contributed by atoms with Gasteiger partial charge in [-0.2, -0.15) is 0 Å². The summed E-state index contributed by atoms with van der Waals surface area (Å²) in [5.41, 5.74) is 1.32. The van der Waals surface area contributed by atoms with E-state index in [9.17, 15) is 4.79 Å². The van der Waals surface area contributed by atoms with Crippen molar-refractivity contribution in [3.8, 4) is 0 Å². The molecule has 2 amide bonds. The van der Waals surface area contributed by atoms with Crippen molar-refractivity contribution in [2.75, 3.05) is 33.2 Å². The first-order valence-electron chi connectivity index (χ1n) is 11.7. The van der Waals surface area contributed by atoms with Crippen LogP contribution in [-0.2, 0) is 6.42 Å². The molecular weight excluding hydrogens is 462 g/mol. The van der Waals surface area contributed by atoms with Gasteiger partial charge in [-0.1, -0.05) is 46.8 Å². The second-order valence-corrected chi connectivity index (χ2v) is 10.8. The molecule has 4 nitrogen and oxygen atoms in total. The molecule has 0 radical (unpaired) electrons. The fraction of sp³-hybridized carbons (Fsp3) is 0.708. The third-order valence-corrected chi connectivity index (χ3v) is 8.52. The molecule has 3 aliphatic rings. The highest BCUT2D eigenvalue weighted by molar-refractivity contribution is 9.10. The Balaban J connectivity index is 1.25. The Kier molecular flexibility index (Phi) is 7.64. The molecule has 1 unspecified atom stereocenters. The van der Waals surface area contributed by atoms with Gasteiger partial charge in [-0.3, -0.25) is 0 Å². The van der Waals surface area contributed by atoms with E-state index in [2.05, 4.69) is 37.9 Å². The van der Waals surface area contributed by atoms with Crippen LogP contribution in [0.3, 0.4) is 0 Å². The zero-order valence-electron chi connectivity index (χ0n) is 18.2. The molecule has 1 aromatic rings. The van der Waals surface area contributed by atoms with Gasteiger partial charge in [0, 0.05) is 41.7 Å². The third kappa shape index (κ3) is 5.34. The summed E-state index contributed by atoms with van der Waals surface area (Å²) in [4.78, 5) is 19.8. The molecule has 166 valence electrons. The molecule has 0 spiro atoms. The van der Waals surface area contributed by atoms with Gasteiger partial charge in [-0.15, -0.1) is 0 Å². The maximum absolute atomic E-state index is 13.0. The van der Waals surface area contributed by atoms with Crippen LogP contribution < -0.4 is 0 Å². The number of nitrogens with zero attached hydrogens (tertiary/aromatic N) is 3. The standard InChI is InChI=1S/C24H35BrClN3O/c1-27-22(11-14-29(24(27)30)21-5-3-2-4-6-21)17-28-12-9-18(10-13-28)15-19-16-20(26)7-8-23(19)25/h7-8,16,18,21-22H,2-6,9-15,17H2,1H3. The summed E-state index contributed by atoms with van der Waals surface area (Å²) >= 11 is 9.86. The third-order valence-electron chi connectivity index (χ3n) is 7.51. The van der Waals surface area contributed by atoms with Crippen molar-refractivity contribution < 1.29 is 4.79 Å². The van der Waals surface area contributed by atoms with Crippen LogP contribution in [0.4, 0.5) is 4.79 Å². The largest absolute Gasteiger partial charge is 0.323 e. The Labute approximate surface area is 195 Å². The predicted octanol–water partition coefficient (Wildman–Crippen LogP) is 5.82. The van der Waals surface area contributed by atoms with Crippen LogP contribution in [-0.4, -0.2) is 66.0 Å². The zero-order valence-corrected chi connectivity index (χ0v) is 20.5. The van der Waals surface area contributed by atoms with E-state index >= 15 is 0 Å². The number of piperidine rings is 1. The normalized spacial score (nSPS) is 25.2. The van der Waals surface area contributed by atoms with Crippen molar-refractivity contribution >= 4 is 33.6 Å². The van der Waals surface area contributed by atoms with Crippen LogP contribution in [0.5, 0.6) is 0 Å². The second-order valence-electron chi connectivity index (χ2n) is 9.51. The molecule has 2 aliphatic heterocycles. The number of benzene rings is 1. The number of rotatable bonds is 5. The summed E-state index contributed by atoms with van der Waals surface area (Å²) in [6, 6.07) is 7.19. The SMILES string of the molecule is CN1C(=O)N(C2CCCCC2)CCC1CN1CCC(Cc2cc(Cl)ccc2Br)CC1. The lowest BCUT2D eigenvalue weighted by atomic mass is 9.89. The Bertz CT molecular complexity index is 731. The molecule has 1 atom stereocenters. The van der Waals surface area contributed by atoms with Gasteiger partial charge in [-0.05, 0) is 81.3 Å². The smallest absolute Gasteiger partial charge is 0.320 e. The van der Waals surface area contributed by atoms with Gasteiger partial charge in [-0.25, -0.2) is 4.79 Å². The molecule has 4 rings (SSSR count). The summed E-state index contributed by atoms with van der Waals surface area (Å²) in [6.45, 7) is 4.23. The first-order valence-corrected chi connectivity index (χ1v) is 12.9. The van der Waals surface area contributed by atoms with Crippen LogP contribution in [0, 0.1) is 5.92 Å². The van der Waals surface area contributed by atoms with Gasteiger partial charge in [0.05, 0.1) is 0 Å². The van der Waals surface area contributed by atoms with Gasteiger partial charge in [0.25, 0.3) is 0 Å². The summed E-state index contributed by atoms with van der Waals surface area (Å²) in [5.74, 6) is 0.712. The van der Waals surface area contributed by atoms with E-state index < -0.39 is 0 Å². The van der Waals surface area contributed by atoms with Crippen LogP contribution in [0.2, 0.25) is 5.02 Å². The van der Waals surface area contributed by atoms with Gasteiger partial charge < -0.3 is 14.7 Å². The minimum Gasteiger partial charge on any atom is -0.323 e. The van der Waals surface area contributed by atoms with Crippen LogP contribution in [0.1, 0.15) is 56.9 Å². The first-order chi connectivity index (χ1) is 14.5. The maximum Gasteiger partial charge on any atom is 0.320 e. The Morgan fingerprint density at radius 3 is 2.50 bits per heavy atom. The number of amides is 2. The Hall–Kier alpha value is -0.780. The van der Waals surface area contributed by atoms with Gasteiger partial charge in [0.2, 0.25) is 0 Å². The highest BCUT2D eigenvalue weighted by Gasteiger charge is 2.36. The zero-order chi connectivity index (χ0) is 21.1. The highest BCUT2D eigenvalue weighted by atomic mass is 79.9. The number of halogens is 2. The lowest BCUT2D eigenvalue weighted by Gasteiger charge is -2.45. The number of hydrogen-bond acceptors (Lipinski definition) is 2. The minimum absolute atomic E-state index is 0.263. The van der Waals surface area contributed by atoms with E-state index in [1.54, 1.807) is 0 Å². The van der Waals surface area contributed by atoms with Crippen molar-refractivity contribution in [3.63, 3.8) is 0 Å². The van der Waals surface area contributed by atoms with E-state index in [-0.39, 0.29) is 6.03 Å². The first kappa shape index (κ1) is 22.4. The minimum atomic E-state index is 0.263. The predicted molar refractivity (Wildman–Crippen MR) is 127 cm³/mol. The van der Waals surface area contributed by atoms with Crippen molar-refractivity contribution in [2.45, 2.75) is 69.9 Å². The number of urea groups is 1. The second kappa shape index (κ2) is 10.2. The van der Waals surface area contributed by atoms with Crippen LogP contribution in [0.15, 0.2) is 22.7 Å². The van der Waals surface area contributed by atoms with E-state index in [1.807, 2.05) is 18.0 Å². The molecule has 0 N–H and O–H groups in total. The van der Waals surface area contributed by atoms with Gasteiger partial charge in [0.15, 0.2) is 0 Å². The van der Waals surface area contributed by atoms with Gasteiger partial charge in [0.1, 0.15) is 0 Å². The van der Waals surface area contributed by atoms with E-state index in [1.165, 1.54) is 55.0 Å². The maximum atomic E-state index is 13.0. The lowest BCUT2D eigenvalue weighted by molar-refractivity contribution is 0.0611. The number of likely N-dealkylation sites (tertiary alicyclic amines) is 1. The molecule has 1 aliphatic carbocycles. The lowest BCUT2D eigenvalue weighted by Crippen LogP contribution is -2.58. The molecule has 2 saturated heterocycles. The molecule has 30 heavy (non-hydrogen) atoms. The van der Waals surface area contributed by atoms with E-state index in [0.29, 0.717) is 18.0 Å². The number of carbonyl (C=O) groups excluding carboxylic acids is 1. The van der Waals surface area contributed by atoms with Crippen molar-refractivity contribution in [2.24, 2.45) is 5.92 Å². The summed E-state index contributed by atoms with van der Waals surface area (Å²) in [5, 5.41) is 0.818. The van der Waals surface area contributed by atoms with E-state index in [0.717, 1.165) is 44.0 Å². The average molecular weight is 497 g/mol. The Morgan fingerprint density at radius 1 is 1.03 bits per heavy atom. The molecule has 0 bridgehead atoms. The van der Waals surface area contributed by atoms with Crippen molar-refractivity contribution in [1.82, 2.24) is 14.7 Å². The monoisotopic (exact) mass is 495 g/mol. The average Bonchev–Trinajstić information content (AvgIpc) is 2.76. The van der Waals surface area contributed by atoms with E-state index in [4.69, 9.17) is 11.6 Å². The molecule has 2 heterocycles. The fourth-order valence-corrected chi connectivity index (χ4v) is 6.17. The quantitative estimate of drug-likeness (QED) is 0.514. The fourth-order valence-electron chi connectivity index (χ4n) is 5.56. The van der Waals surface area contributed by atoms with Crippen LogP contribution in [0.25, 0.3) is 0 Å². The Morgan fingerprint density at radius 2 is 1.77 bits per heavy atom. The van der Waals surface area contributed by atoms with Crippen molar-refractivity contribution in [3.05, 3.63) is 33.3 Å². The summed E-state index contributed by atoms with van der Waals surface area (Å²) in [6.07, 6.45) is 10.9. The van der Waals surface area contributed by atoms with Gasteiger partial charge >= 0.3 is 6.03 Å². The topological polar surface area (TPSA) is 26.8 Å². The highest BCUT2D eigenvalue weighted by Crippen LogP contribution is 2.30. The van der Waals surface area contributed by atoms with Crippen molar-refractivity contribution in [1.29, 1.82) is 0 Å². The molecule has 1 aromatic carbocycles. The van der Waals surface area contributed by atoms with Crippen LogP contribution >= 0.6 is 27.5 Å². The number of carbonyl (C=O) groups is 1. The molecule has 6 heteroatoms. The number of hydrogen-bond donors (Lipinski definition) is 0. The number of likely N-dealkylation sites (N-methyl/N-ethyl adjacent to an activating group) is 1. The summed E-state index contributed by atoms with van der Waals surface area (Å²) < 4.78 is 1.17.